The number of rotatable bonds is 4. The van der Waals surface area contributed by atoms with Crippen LogP contribution in [0.25, 0.3) is 0 Å². The van der Waals surface area contributed by atoms with E-state index in [4.69, 9.17) is 14.1 Å². The van der Waals surface area contributed by atoms with Crippen molar-refractivity contribution in [1.82, 2.24) is 0 Å². The lowest BCUT2D eigenvalue weighted by molar-refractivity contribution is -0.330. The molecule has 0 aliphatic heterocycles. The van der Waals surface area contributed by atoms with Gasteiger partial charge in [-0.05, 0) is 49.5 Å². The summed E-state index contributed by atoms with van der Waals surface area (Å²) in [5.41, 5.74) is -0.342. The minimum atomic E-state index is -2.25. The second kappa shape index (κ2) is 8.37. The summed E-state index contributed by atoms with van der Waals surface area (Å²) in [5.74, 6) is -1.87. The predicted molar refractivity (Wildman–Crippen MR) is 128 cm³/mol. The van der Waals surface area contributed by atoms with E-state index in [1.807, 2.05) is 0 Å². The predicted octanol–water partition coefficient (Wildman–Crippen LogP) is 5.28. The van der Waals surface area contributed by atoms with Crippen molar-refractivity contribution in [2.75, 3.05) is 0 Å². The Hall–Kier alpha value is -2.39. The summed E-state index contributed by atoms with van der Waals surface area (Å²) in [6.07, 6.45) is 4.78. The van der Waals surface area contributed by atoms with Crippen LogP contribution in [0.4, 0.5) is 0 Å². The van der Waals surface area contributed by atoms with Crippen molar-refractivity contribution in [3.05, 3.63) is 52.6 Å². The smallest absolute Gasteiger partial charge is 0.308 e. The number of esters is 1. The number of carbonyl (C=O) groups is 3. The van der Waals surface area contributed by atoms with Crippen molar-refractivity contribution in [1.29, 1.82) is 0 Å². The lowest BCUT2D eigenvalue weighted by Gasteiger charge is -2.50. The molecular formula is C26H32O7Si. The second-order valence-corrected chi connectivity index (χ2v) is 15.7. The molecule has 3 aliphatic rings. The molecule has 4 rings (SSSR count). The molecule has 3 aliphatic carbocycles. The first-order valence-electron chi connectivity index (χ1n) is 11.7. The summed E-state index contributed by atoms with van der Waals surface area (Å²) in [4.78, 5) is 44.2. The summed E-state index contributed by atoms with van der Waals surface area (Å²) in [5, 5.41) is 10.00. The van der Waals surface area contributed by atoms with Crippen LogP contribution >= 0.6 is 0 Å². The molecule has 0 saturated heterocycles. The highest BCUT2D eigenvalue weighted by Crippen LogP contribution is 2.51. The first-order valence-corrected chi connectivity index (χ1v) is 14.6. The Morgan fingerprint density at radius 1 is 1.18 bits per heavy atom. The number of fused-ring (bicyclic) bond motifs is 3. The molecule has 1 saturated carbocycles. The normalized spacial score (nSPS) is 26.7. The van der Waals surface area contributed by atoms with Gasteiger partial charge in [-0.1, -0.05) is 39.0 Å². The monoisotopic (exact) mass is 484 g/mol. The lowest BCUT2D eigenvalue weighted by atomic mass is 9.62. The van der Waals surface area contributed by atoms with Gasteiger partial charge in [0.05, 0.1) is 11.7 Å². The van der Waals surface area contributed by atoms with Crippen LogP contribution in [0.5, 0.6) is 5.75 Å². The maximum Gasteiger partial charge on any atom is 0.308 e. The van der Waals surface area contributed by atoms with E-state index < -0.39 is 31.9 Å². The molecule has 0 unspecified atom stereocenters. The van der Waals surface area contributed by atoms with Gasteiger partial charge in [-0.2, -0.15) is 0 Å². The van der Waals surface area contributed by atoms with Crippen molar-refractivity contribution < 1.29 is 33.7 Å². The first kappa shape index (κ1) is 24.7. The fraction of sp³-hybridized carbons (Fsp3) is 0.500. The van der Waals surface area contributed by atoms with Crippen LogP contribution in [0.3, 0.4) is 0 Å². The van der Waals surface area contributed by atoms with Gasteiger partial charge in [0.25, 0.3) is 0 Å². The standard InChI is InChI=1S/C26H32O7Si/c1-15(27)31-18-10-7-9-16-20(18)23(28)17-12-14-26(33-30)13-8-11-19(22(26)21(17)24(16)29)32-34(5,6)25(2,3)4/h7,9-10,12,14,19,22,30H,8,11,13H2,1-6H3/t19-,22-,26-/m1/s1. The molecule has 3 atom stereocenters. The van der Waals surface area contributed by atoms with Crippen molar-refractivity contribution in [3.8, 4) is 5.75 Å². The van der Waals surface area contributed by atoms with Crippen molar-refractivity contribution >= 4 is 25.9 Å². The largest absolute Gasteiger partial charge is 0.426 e. The van der Waals surface area contributed by atoms with E-state index >= 15 is 0 Å². The molecule has 0 bridgehead atoms. The number of ketones is 2. The van der Waals surface area contributed by atoms with Crippen LogP contribution in [0.1, 0.15) is 67.7 Å². The Kier molecular flexibility index (Phi) is 6.09. The van der Waals surface area contributed by atoms with Gasteiger partial charge in [0.1, 0.15) is 11.4 Å². The van der Waals surface area contributed by atoms with Gasteiger partial charge in [-0.25, -0.2) is 4.89 Å². The summed E-state index contributed by atoms with van der Waals surface area (Å²) in [6, 6.07) is 4.67. The molecule has 0 heterocycles. The van der Waals surface area contributed by atoms with Crippen LogP contribution in [-0.4, -0.2) is 42.8 Å². The Balaban J connectivity index is 1.86. The third kappa shape index (κ3) is 3.82. The van der Waals surface area contributed by atoms with Crippen LogP contribution in [0.2, 0.25) is 18.1 Å². The molecule has 0 spiro atoms. The van der Waals surface area contributed by atoms with E-state index in [1.165, 1.54) is 13.0 Å². The molecule has 182 valence electrons. The molecule has 7 nitrogen and oxygen atoms in total. The van der Waals surface area contributed by atoms with Crippen LogP contribution in [-0.2, 0) is 14.1 Å². The number of ether oxygens (including phenoxy) is 1. The quantitative estimate of drug-likeness (QED) is 0.204. The van der Waals surface area contributed by atoms with Gasteiger partial charge >= 0.3 is 5.97 Å². The molecule has 1 fully saturated rings. The van der Waals surface area contributed by atoms with Crippen LogP contribution in [0, 0.1) is 5.92 Å². The summed E-state index contributed by atoms with van der Waals surface area (Å²) in [6.45, 7) is 12.0. The average Bonchev–Trinajstić information content (AvgIpc) is 2.75. The third-order valence-electron chi connectivity index (χ3n) is 7.75. The van der Waals surface area contributed by atoms with E-state index in [0.717, 1.165) is 6.42 Å². The summed E-state index contributed by atoms with van der Waals surface area (Å²) < 4.78 is 12.0. The topological polar surface area (TPSA) is 99.1 Å². The molecule has 1 aromatic carbocycles. The molecular weight excluding hydrogens is 452 g/mol. The Morgan fingerprint density at radius 3 is 2.50 bits per heavy atom. The fourth-order valence-electron chi connectivity index (χ4n) is 5.07. The highest BCUT2D eigenvalue weighted by atomic mass is 28.4. The number of benzene rings is 1. The number of Topliss-reactive ketones (excluding diaryl/α,β-unsaturated/α-hetero) is 2. The van der Waals surface area contributed by atoms with Crippen molar-refractivity contribution in [2.45, 2.75) is 76.8 Å². The molecule has 1 N–H and O–H groups in total. The summed E-state index contributed by atoms with van der Waals surface area (Å²) in [7, 11) is -2.25. The zero-order valence-electron chi connectivity index (χ0n) is 20.6. The number of hydrogen-bond donors (Lipinski definition) is 1. The third-order valence-corrected chi connectivity index (χ3v) is 12.3. The number of allylic oxidation sites excluding steroid dienone is 2. The lowest BCUT2D eigenvalue weighted by Crippen LogP contribution is -2.56. The van der Waals surface area contributed by atoms with E-state index in [1.54, 1.807) is 24.3 Å². The highest BCUT2D eigenvalue weighted by Gasteiger charge is 2.56. The molecule has 0 aromatic heterocycles. The first-order chi connectivity index (χ1) is 15.8. The van der Waals surface area contributed by atoms with Crippen LogP contribution in [0.15, 0.2) is 41.5 Å². The molecule has 0 amide bonds. The maximum absolute atomic E-state index is 13.9. The number of carbonyl (C=O) groups excluding carboxylic acids is 3. The highest BCUT2D eigenvalue weighted by molar-refractivity contribution is 6.74. The fourth-order valence-corrected chi connectivity index (χ4v) is 6.43. The Morgan fingerprint density at radius 2 is 1.88 bits per heavy atom. The zero-order chi connectivity index (χ0) is 25.1. The SMILES string of the molecule is CC(=O)Oc1cccc2c1C(=O)C1=C(C2=O)[C@H]2[C@H](O[Si](C)(C)C(C)(C)C)CCC[C@@]2(OO)C=C1. The van der Waals surface area contributed by atoms with Crippen LogP contribution < -0.4 is 4.74 Å². The molecule has 34 heavy (non-hydrogen) atoms. The average molecular weight is 485 g/mol. The summed E-state index contributed by atoms with van der Waals surface area (Å²) >= 11 is 0. The van der Waals surface area contributed by atoms with Crippen molar-refractivity contribution in [2.24, 2.45) is 5.92 Å². The van der Waals surface area contributed by atoms with Gasteiger partial charge in [0, 0.05) is 29.6 Å². The van der Waals surface area contributed by atoms with Crippen molar-refractivity contribution in [3.63, 3.8) is 0 Å². The van der Waals surface area contributed by atoms with E-state index in [9.17, 15) is 19.6 Å². The molecule has 1 aromatic rings. The molecule has 8 heteroatoms. The second-order valence-electron chi connectivity index (χ2n) is 10.9. The maximum atomic E-state index is 13.9. The van der Waals surface area contributed by atoms with E-state index in [-0.39, 0.29) is 39.1 Å². The Bertz CT molecular complexity index is 1120. The number of hydrogen-bond acceptors (Lipinski definition) is 7. The van der Waals surface area contributed by atoms with Gasteiger partial charge in [0.15, 0.2) is 19.9 Å². The van der Waals surface area contributed by atoms with Gasteiger partial charge in [0.2, 0.25) is 0 Å². The minimum absolute atomic E-state index is 0.0627. The van der Waals surface area contributed by atoms with E-state index in [0.29, 0.717) is 18.4 Å². The van der Waals surface area contributed by atoms with E-state index in [2.05, 4.69) is 33.9 Å². The van der Waals surface area contributed by atoms with Gasteiger partial charge in [-0.3, -0.25) is 19.6 Å². The zero-order valence-corrected chi connectivity index (χ0v) is 21.6. The van der Waals surface area contributed by atoms with Gasteiger partial charge in [-0.15, -0.1) is 0 Å². The minimum Gasteiger partial charge on any atom is -0.426 e. The Labute approximate surface area is 200 Å². The van der Waals surface area contributed by atoms with Gasteiger partial charge < -0.3 is 9.16 Å². The molecule has 0 radical (unpaired) electrons.